The molecule has 0 radical (unpaired) electrons. The zero-order valence-electron chi connectivity index (χ0n) is 37.7. The van der Waals surface area contributed by atoms with Crippen LogP contribution in [-0.2, 0) is 14.3 Å². The maximum atomic E-state index is 13.1. The summed E-state index contributed by atoms with van der Waals surface area (Å²) in [4.78, 5) is 13.1. The normalized spacial score (nSPS) is 21.8. The lowest BCUT2D eigenvalue weighted by atomic mass is 9.98. The molecule has 1 aliphatic heterocycles. The van der Waals surface area contributed by atoms with Crippen molar-refractivity contribution < 1.29 is 50.0 Å². The van der Waals surface area contributed by atoms with Crippen LogP contribution in [0.25, 0.3) is 0 Å². The van der Waals surface area contributed by atoms with Crippen molar-refractivity contribution in [3.05, 3.63) is 12.2 Å². The highest BCUT2D eigenvalue weighted by Crippen LogP contribution is 2.23. The number of aliphatic hydroxyl groups excluding tert-OH is 7. The summed E-state index contributed by atoms with van der Waals surface area (Å²) < 4.78 is 11.1. The van der Waals surface area contributed by atoms with Gasteiger partial charge in [-0.2, -0.15) is 0 Å². The molecule has 1 aliphatic rings. The second-order valence-corrected chi connectivity index (χ2v) is 17.5. The summed E-state index contributed by atoms with van der Waals surface area (Å²) in [5, 5.41) is 75.6. The fraction of sp³-hybridized carbons (Fsp3) is 0.938. The molecular formula is C48H93NO10. The van der Waals surface area contributed by atoms with E-state index < -0.39 is 74.2 Å². The van der Waals surface area contributed by atoms with Crippen molar-refractivity contribution in [2.45, 2.75) is 274 Å². The Morgan fingerprint density at radius 3 is 1.46 bits per heavy atom. The first-order valence-electron chi connectivity index (χ1n) is 24.6. The van der Waals surface area contributed by atoms with E-state index in [1.54, 1.807) is 0 Å². The van der Waals surface area contributed by atoms with Crippen molar-refractivity contribution in [1.82, 2.24) is 5.32 Å². The van der Waals surface area contributed by atoms with E-state index in [9.17, 15) is 40.5 Å². The fourth-order valence-electron chi connectivity index (χ4n) is 7.97. The molecule has 0 saturated carbocycles. The van der Waals surface area contributed by atoms with E-state index in [0.717, 1.165) is 38.5 Å². The van der Waals surface area contributed by atoms with Crippen LogP contribution in [0.15, 0.2) is 12.2 Å². The van der Waals surface area contributed by atoms with Crippen LogP contribution < -0.4 is 5.32 Å². The molecule has 1 saturated heterocycles. The van der Waals surface area contributed by atoms with Gasteiger partial charge in [-0.15, -0.1) is 0 Å². The average molecular weight is 844 g/mol. The van der Waals surface area contributed by atoms with Crippen LogP contribution in [0.1, 0.15) is 219 Å². The first-order chi connectivity index (χ1) is 28.7. The third-order valence-electron chi connectivity index (χ3n) is 12.1. The van der Waals surface area contributed by atoms with Crippen molar-refractivity contribution in [3.8, 4) is 0 Å². The van der Waals surface area contributed by atoms with E-state index in [2.05, 4.69) is 31.3 Å². The number of allylic oxidation sites excluding steroid dienone is 2. The lowest BCUT2D eigenvalue weighted by Crippen LogP contribution is -2.60. The van der Waals surface area contributed by atoms with Crippen LogP contribution in [0.3, 0.4) is 0 Å². The molecule has 0 aliphatic carbocycles. The third-order valence-corrected chi connectivity index (χ3v) is 12.1. The van der Waals surface area contributed by atoms with Gasteiger partial charge in [-0.1, -0.05) is 193 Å². The molecule has 350 valence electrons. The molecular weight excluding hydrogens is 751 g/mol. The van der Waals surface area contributed by atoms with Crippen LogP contribution in [-0.4, -0.2) is 110 Å². The van der Waals surface area contributed by atoms with Crippen molar-refractivity contribution in [1.29, 1.82) is 0 Å². The number of nitrogens with one attached hydrogen (secondary N) is 1. The van der Waals surface area contributed by atoms with E-state index in [1.165, 1.54) is 141 Å². The molecule has 11 nitrogen and oxygen atoms in total. The smallest absolute Gasteiger partial charge is 0.249 e. The van der Waals surface area contributed by atoms with Crippen LogP contribution in [0, 0.1) is 0 Å². The topological polar surface area (TPSA) is 189 Å². The Labute approximate surface area is 360 Å². The van der Waals surface area contributed by atoms with E-state index >= 15 is 0 Å². The molecule has 1 amide bonds. The minimum Gasteiger partial charge on any atom is -0.394 e. The highest BCUT2D eigenvalue weighted by Gasteiger charge is 2.44. The summed E-state index contributed by atoms with van der Waals surface area (Å²) in [7, 11) is 0. The molecule has 8 N–H and O–H groups in total. The zero-order valence-corrected chi connectivity index (χ0v) is 37.7. The Bertz CT molecular complexity index is 970. The largest absolute Gasteiger partial charge is 0.394 e. The van der Waals surface area contributed by atoms with Crippen LogP contribution in [0.5, 0.6) is 0 Å². The molecule has 1 fully saturated rings. The molecule has 0 aromatic rings. The number of hydrogen-bond donors (Lipinski definition) is 8. The maximum absolute atomic E-state index is 13.1. The molecule has 0 bridgehead atoms. The summed E-state index contributed by atoms with van der Waals surface area (Å²) >= 11 is 0. The monoisotopic (exact) mass is 844 g/mol. The molecule has 11 heteroatoms. The maximum Gasteiger partial charge on any atom is 0.249 e. The van der Waals surface area contributed by atoms with Crippen LogP contribution in [0.2, 0.25) is 0 Å². The lowest BCUT2D eigenvalue weighted by Gasteiger charge is -2.40. The van der Waals surface area contributed by atoms with Gasteiger partial charge in [0, 0.05) is 0 Å². The molecule has 0 aromatic heterocycles. The van der Waals surface area contributed by atoms with Gasteiger partial charge < -0.3 is 50.5 Å². The number of hydrogen-bond acceptors (Lipinski definition) is 10. The first-order valence-corrected chi connectivity index (χ1v) is 24.6. The van der Waals surface area contributed by atoms with Crippen molar-refractivity contribution in [2.75, 3.05) is 13.2 Å². The molecule has 9 atom stereocenters. The summed E-state index contributed by atoms with van der Waals surface area (Å²) in [6.07, 6.45) is 29.8. The van der Waals surface area contributed by atoms with E-state index in [1.807, 2.05) is 0 Å². The molecule has 0 spiro atoms. The predicted molar refractivity (Wildman–Crippen MR) is 238 cm³/mol. The SMILES string of the molecule is CCCCCCCCC/C=C/CCC[C@@H](O)[C@@H](O)[C@H](CO[C@@H]1OC(CO)C(O)[C@@H](O)[C@@H]1O)NC(=O)[C@H](O)CCCCCCCCCCCCCCCCCCCCCC. The Balaban J connectivity index is 2.39. The van der Waals surface area contributed by atoms with Crippen molar-refractivity contribution in [3.63, 3.8) is 0 Å². The number of unbranched alkanes of at least 4 members (excludes halogenated alkanes) is 27. The fourth-order valence-corrected chi connectivity index (χ4v) is 7.97. The van der Waals surface area contributed by atoms with Gasteiger partial charge in [0.1, 0.15) is 36.6 Å². The van der Waals surface area contributed by atoms with Gasteiger partial charge in [0.05, 0.1) is 25.4 Å². The standard InChI is InChI=1S/C48H93NO10/c1-3-5-7-9-11-13-15-17-18-19-20-21-22-23-24-26-28-30-32-34-36-41(52)47(57)49-39(38-58-48-46(56)45(55)44(54)42(37-50)59-48)43(53)40(51)35-33-31-29-27-25-16-14-12-10-8-6-4-2/h27,29,39-46,48,50-56H,3-26,28,30-38H2,1-2H3,(H,49,57)/b29-27+/t39-,40+,41+,42?,43-,44?,45+,46-,48+/m0/s1. The van der Waals surface area contributed by atoms with Gasteiger partial charge in [-0.05, 0) is 38.5 Å². The number of amides is 1. The summed E-state index contributed by atoms with van der Waals surface area (Å²) in [6.45, 7) is 3.42. The molecule has 2 unspecified atom stereocenters. The zero-order chi connectivity index (χ0) is 43.4. The highest BCUT2D eigenvalue weighted by molar-refractivity contribution is 5.80. The van der Waals surface area contributed by atoms with Crippen molar-refractivity contribution in [2.24, 2.45) is 0 Å². The molecule has 0 aromatic carbocycles. The minimum atomic E-state index is -1.66. The lowest BCUT2D eigenvalue weighted by molar-refractivity contribution is -0.303. The summed E-state index contributed by atoms with van der Waals surface area (Å²) in [5.41, 5.74) is 0. The Morgan fingerprint density at radius 2 is 1.00 bits per heavy atom. The Kier molecular flexibility index (Phi) is 36.5. The number of carbonyl (C=O) groups excluding carboxylic acids is 1. The molecule has 1 rings (SSSR count). The predicted octanol–water partition coefficient (Wildman–Crippen LogP) is 8.45. The van der Waals surface area contributed by atoms with Gasteiger partial charge >= 0.3 is 0 Å². The summed E-state index contributed by atoms with van der Waals surface area (Å²) in [5.74, 6) is -0.704. The number of carbonyl (C=O) groups is 1. The van der Waals surface area contributed by atoms with Crippen LogP contribution in [0.4, 0.5) is 0 Å². The van der Waals surface area contributed by atoms with Gasteiger partial charge in [-0.3, -0.25) is 4.79 Å². The molecule has 59 heavy (non-hydrogen) atoms. The first kappa shape index (κ1) is 55.9. The highest BCUT2D eigenvalue weighted by atomic mass is 16.7. The van der Waals surface area contributed by atoms with Crippen LogP contribution >= 0.6 is 0 Å². The third kappa shape index (κ3) is 28.2. The van der Waals surface area contributed by atoms with Gasteiger partial charge in [-0.25, -0.2) is 0 Å². The second-order valence-electron chi connectivity index (χ2n) is 17.5. The number of aliphatic hydroxyl groups is 7. The Morgan fingerprint density at radius 1 is 0.576 bits per heavy atom. The van der Waals surface area contributed by atoms with Gasteiger partial charge in [0.15, 0.2) is 6.29 Å². The number of ether oxygens (including phenoxy) is 2. The minimum absolute atomic E-state index is 0.259. The van der Waals surface area contributed by atoms with E-state index in [-0.39, 0.29) is 12.8 Å². The van der Waals surface area contributed by atoms with E-state index in [4.69, 9.17) is 9.47 Å². The number of rotatable bonds is 41. The summed E-state index contributed by atoms with van der Waals surface area (Å²) in [6, 6.07) is -1.18. The quantitative estimate of drug-likeness (QED) is 0.0219. The van der Waals surface area contributed by atoms with Gasteiger partial charge in [0.2, 0.25) is 5.91 Å². The van der Waals surface area contributed by atoms with E-state index in [0.29, 0.717) is 12.8 Å². The second kappa shape index (κ2) is 38.5. The average Bonchev–Trinajstić information content (AvgIpc) is 3.23. The van der Waals surface area contributed by atoms with Crippen molar-refractivity contribution >= 4 is 5.91 Å². The van der Waals surface area contributed by atoms with Gasteiger partial charge in [0.25, 0.3) is 0 Å². The Hall–Kier alpha value is -1.15. The molecule has 1 heterocycles.